The van der Waals surface area contributed by atoms with E-state index in [-0.39, 0.29) is 5.91 Å². The maximum absolute atomic E-state index is 11.9. The highest BCUT2D eigenvalue weighted by Crippen LogP contribution is 2.15. The van der Waals surface area contributed by atoms with Crippen LogP contribution in [-0.2, 0) is 6.42 Å². The first-order valence-corrected chi connectivity index (χ1v) is 7.97. The predicted octanol–water partition coefficient (Wildman–Crippen LogP) is 2.82. The van der Waals surface area contributed by atoms with E-state index in [9.17, 15) is 4.79 Å². The number of carbonyl (C=O) groups is 1. The molecule has 1 aromatic heterocycles. The predicted molar refractivity (Wildman–Crippen MR) is 95.1 cm³/mol. The number of anilines is 1. The van der Waals surface area contributed by atoms with Gasteiger partial charge in [0, 0.05) is 18.2 Å². The third-order valence-electron chi connectivity index (χ3n) is 3.72. The molecule has 0 radical (unpaired) electrons. The molecule has 3 aromatic rings. The summed E-state index contributed by atoms with van der Waals surface area (Å²) in [6, 6.07) is 20.9. The second-order valence-electron chi connectivity index (χ2n) is 5.53. The maximum atomic E-state index is 11.9. The first kappa shape index (κ1) is 15.8. The van der Waals surface area contributed by atoms with Gasteiger partial charge in [0.1, 0.15) is 5.82 Å². The number of nitrogens with one attached hydrogen (secondary N) is 1. The molecule has 5 nitrogen and oxygen atoms in total. The number of nitrogens with two attached hydrogens (primary N) is 1. The average molecular weight is 320 g/mol. The summed E-state index contributed by atoms with van der Waals surface area (Å²) in [6.07, 6.45) is 1.57. The van der Waals surface area contributed by atoms with E-state index in [0.717, 1.165) is 24.2 Å². The minimum absolute atomic E-state index is 0.0510. The second kappa shape index (κ2) is 7.46. The van der Waals surface area contributed by atoms with Gasteiger partial charge >= 0.3 is 0 Å². The molecule has 0 unspecified atom stereocenters. The maximum Gasteiger partial charge on any atom is 0.251 e. The van der Waals surface area contributed by atoms with Gasteiger partial charge in [0.15, 0.2) is 0 Å². The fourth-order valence-electron chi connectivity index (χ4n) is 2.51. The number of aromatic nitrogens is 2. The largest absolute Gasteiger partial charge is 0.384 e. The zero-order valence-corrected chi connectivity index (χ0v) is 13.4. The van der Waals surface area contributed by atoms with E-state index in [1.54, 1.807) is 16.8 Å². The van der Waals surface area contributed by atoms with Crippen molar-refractivity contribution in [2.75, 3.05) is 12.3 Å². The Morgan fingerprint density at radius 3 is 2.42 bits per heavy atom. The van der Waals surface area contributed by atoms with E-state index in [2.05, 4.69) is 10.4 Å². The lowest BCUT2D eigenvalue weighted by atomic mass is 10.2. The fourth-order valence-corrected chi connectivity index (χ4v) is 2.51. The van der Waals surface area contributed by atoms with Crippen molar-refractivity contribution in [3.05, 3.63) is 78.0 Å². The van der Waals surface area contributed by atoms with Crippen LogP contribution < -0.4 is 11.1 Å². The summed E-state index contributed by atoms with van der Waals surface area (Å²) >= 11 is 0. The Hall–Kier alpha value is -3.08. The van der Waals surface area contributed by atoms with E-state index < -0.39 is 0 Å². The molecule has 0 bridgehead atoms. The van der Waals surface area contributed by atoms with E-state index in [1.807, 2.05) is 54.6 Å². The van der Waals surface area contributed by atoms with Crippen molar-refractivity contribution in [1.82, 2.24) is 15.1 Å². The van der Waals surface area contributed by atoms with E-state index in [1.165, 1.54) is 0 Å². The van der Waals surface area contributed by atoms with Crippen LogP contribution >= 0.6 is 0 Å². The standard InChI is InChI=1S/C19H20N4O/c20-18-14-16(22-23(18)17-11-5-2-6-12-17)10-7-13-21-19(24)15-8-3-1-4-9-15/h1-6,8-9,11-12,14H,7,10,13,20H2,(H,21,24). The third-order valence-corrected chi connectivity index (χ3v) is 3.72. The Balaban J connectivity index is 1.52. The molecule has 1 amide bonds. The van der Waals surface area contributed by atoms with Gasteiger partial charge in [-0.05, 0) is 37.1 Å². The minimum Gasteiger partial charge on any atom is -0.384 e. The first-order valence-electron chi connectivity index (χ1n) is 7.97. The normalized spacial score (nSPS) is 10.5. The van der Waals surface area contributed by atoms with Crippen LogP contribution in [0.4, 0.5) is 5.82 Å². The van der Waals surface area contributed by atoms with Crippen molar-refractivity contribution in [1.29, 1.82) is 0 Å². The van der Waals surface area contributed by atoms with Crippen LogP contribution in [-0.4, -0.2) is 22.2 Å². The van der Waals surface area contributed by atoms with Gasteiger partial charge in [0.05, 0.1) is 11.4 Å². The molecule has 2 aromatic carbocycles. The number of nitrogen functional groups attached to an aromatic ring is 1. The second-order valence-corrected chi connectivity index (χ2v) is 5.53. The molecule has 3 rings (SSSR count). The number of benzene rings is 2. The lowest BCUT2D eigenvalue weighted by Gasteiger charge is -2.04. The molecule has 0 spiro atoms. The van der Waals surface area contributed by atoms with Gasteiger partial charge in [-0.2, -0.15) is 5.10 Å². The fraction of sp³-hybridized carbons (Fsp3) is 0.158. The number of rotatable bonds is 6. The summed E-state index contributed by atoms with van der Waals surface area (Å²) < 4.78 is 1.73. The van der Waals surface area contributed by atoms with E-state index >= 15 is 0 Å². The van der Waals surface area contributed by atoms with Gasteiger partial charge < -0.3 is 11.1 Å². The summed E-state index contributed by atoms with van der Waals surface area (Å²) in [5, 5.41) is 7.45. The molecule has 0 aliphatic heterocycles. The highest BCUT2D eigenvalue weighted by molar-refractivity contribution is 5.94. The van der Waals surface area contributed by atoms with Crippen LogP contribution in [0.2, 0.25) is 0 Å². The minimum atomic E-state index is -0.0510. The average Bonchev–Trinajstić information content (AvgIpc) is 3.01. The van der Waals surface area contributed by atoms with Crippen LogP contribution in [0.1, 0.15) is 22.5 Å². The van der Waals surface area contributed by atoms with Crippen molar-refractivity contribution in [3.63, 3.8) is 0 Å². The third kappa shape index (κ3) is 3.81. The topological polar surface area (TPSA) is 72.9 Å². The molecule has 0 fully saturated rings. The molecule has 5 heteroatoms. The summed E-state index contributed by atoms with van der Waals surface area (Å²) in [6.45, 7) is 0.603. The van der Waals surface area contributed by atoms with Crippen LogP contribution in [0.5, 0.6) is 0 Å². The number of hydrogen-bond donors (Lipinski definition) is 2. The summed E-state index contributed by atoms with van der Waals surface area (Å²) in [5.74, 6) is 0.564. The molecule has 0 saturated heterocycles. The van der Waals surface area contributed by atoms with Gasteiger partial charge in [-0.1, -0.05) is 36.4 Å². The highest BCUT2D eigenvalue weighted by Gasteiger charge is 2.07. The van der Waals surface area contributed by atoms with Crippen molar-refractivity contribution >= 4 is 11.7 Å². The van der Waals surface area contributed by atoms with E-state index in [4.69, 9.17) is 5.73 Å². The summed E-state index contributed by atoms with van der Waals surface area (Å²) in [4.78, 5) is 11.9. The number of aryl methyl sites for hydroxylation is 1. The Bertz CT molecular complexity index is 797. The number of amides is 1. The van der Waals surface area contributed by atoms with Gasteiger partial charge in [-0.25, -0.2) is 4.68 Å². The van der Waals surface area contributed by atoms with Crippen LogP contribution in [0.15, 0.2) is 66.7 Å². The Morgan fingerprint density at radius 1 is 1.04 bits per heavy atom. The number of nitrogens with zero attached hydrogens (tertiary/aromatic N) is 2. The van der Waals surface area contributed by atoms with Gasteiger partial charge in [-0.15, -0.1) is 0 Å². The quantitative estimate of drug-likeness (QED) is 0.686. The summed E-state index contributed by atoms with van der Waals surface area (Å²) in [7, 11) is 0. The molecule has 122 valence electrons. The molecule has 0 aliphatic carbocycles. The molecular formula is C19H20N4O. The SMILES string of the molecule is Nc1cc(CCCNC(=O)c2ccccc2)nn1-c1ccccc1. The zero-order chi connectivity index (χ0) is 16.8. The summed E-state index contributed by atoms with van der Waals surface area (Å²) in [5.41, 5.74) is 8.57. The molecule has 1 heterocycles. The highest BCUT2D eigenvalue weighted by atomic mass is 16.1. The lowest BCUT2D eigenvalue weighted by molar-refractivity contribution is 0.0953. The zero-order valence-electron chi connectivity index (χ0n) is 13.4. The molecule has 0 aliphatic rings. The first-order chi connectivity index (χ1) is 11.7. The van der Waals surface area contributed by atoms with Crippen molar-refractivity contribution in [2.24, 2.45) is 0 Å². The molecular weight excluding hydrogens is 300 g/mol. The Kier molecular flexibility index (Phi) is 4.91. The van der Waals surface area contributed by atoms with Crippen molar-refractivity contribution in [2.45, 2.75) is 12.8 Å². The van der Waals surface area contributed by atoms with Crippen LogP contribution in [0.3, 0.4) is 0 Å². The van der Waals surface area contributed by atoms with Crippen LogP contribution in [0, 0.1) is 0 Å². The van der Waals surface area contributed by atoms with Gasteiger partial charge in [0.25, 0.3) is 5.91 Å². The number of hydrogen-bond acceptors (Lipinski definition) is 3. The van der Waals surface area contributed by atoms with Gasteiger partial charge in [0.2, 0.25) is 0 Å². The van der Waals surface area contributed by atoms with Crippen LogP contribution in [0.25, 0.3) is 5.69 Å². The lowest BCUT2D eigenvalue weighted by Crippen LogP contribution is -2.24. The van der Waals surface area contributed by atoms with Crippen molar-refractivity contribution in [3.8, 4) is 5.69 Å². The molecule has 0 saturated carbocycles. The monoisotopic (exact) mass is 320 g/mol. The molecule has 24 heavy (non-hydrogen) atoms. The van der Waals surface area contributed by atoms with Crippen molar-refractivity contribution < 1.29 is 4.79 Å². The number of carbonyl (C=O) groups excluding carboxylic acids is 1. The smallest absolute Gasteiger partial charge is 0.251 e. The Labute approximate surface area is 141 Å². The van der Waals surface area contributed by atoms with E-state index in [0.29, 0.717) is 17.9 Å². The molecule has 0 atom stereocenters. The van der Waals surface area contributed by atoms with Gasteiger partial charge in [-0.3, -0.25) is 4.79 Å². The molecule has 3 N–H and O–H groups in total. The Morgan fingerprint density at radius 2 is 1.71 bits per heavy atom. The number of para-hydroxylation sites is 1.